The van der Waals surface area contributed by atoms with Crippen molar-refractivity contribution >= 4 is 11.9 Å². The van der Waals surface area contributed by atoms with Gasteiger partial charge in [0.15, 0.2) is 0 Å². The molecule has 1 N–H and O–H groups in total. The van der Waals surface area contributed by atoms with Gasteiger partial charge in [0.1, 0.15) is 11.8 Å². The highest BCUT2D eigenvalue weighted by Gasteiger charge is 2.38. The van der Waals surface area contributed by atoms with E-state index in [1.807, 2.05) is 31.2 Å². The van der Waals surface area contributed by atoms with Gasteiger partial charge in [-0.2, -0.15) is 0 Å². The van der Waals surface area contributed by atoms with Crippen molar-refractivity contribution in [3.63, 3.8) is 0 Å². The van der Waals surface area contributed by atoms with E-state index in [1.165, 1.54) is 0 Å². The Bertz CT molecular complexity index is 553. The first-order valence-corrected chi connectivity index (χ1v) is 7.62. The molecule has 22 heavy (non-hydrogen) atoms. The average Bonchev–Trinajstić information content (AvgIpc) is 3.32. The SMILES string of the molecule is COc1cccc(C(C)CC(=O)N(C2CC2)C(C)C(=O)O)c1. The maximum absolute atomic E-state index is 12.5. The van der Waals surface area contributed by atoms with E-state index in [2.05, 4.69) is 0 Å². The highest BCUT2D eigenvalue weighted by Crippen LogP contribution is 2.31. The topological polar surface area (TPSA) is 66.8 Å². The Hall–Kier alpha value is -2.04. The molecule has 120 valence electrons. The van der Waals surface area contributed by atoms with Gasteiger partial charge in [-0.15, -0.1) is 0 Å². The fourth-order valence-electron chi connectivity index (χ4n) is 2.64. The molecule has 1 amide bonds. The molecule has 0 saturated heterocycles. The number of ether oxygens (including phenoxy) is 1. The van der Waals surface area contributed by atoms with Crippen LogP contribution in [0.1, 0.15) is 44.6 Å². The average molecular weight is 305 g/mol. The molecular weight excluding hydrogens is 282 g/mol. The Kier molecular flexibility index (Phi) is 5.06. The second kappa shape index (κ2) is 6.81. The second-order valence-electron chi connectivity index (χ2n) is 5.93. The number of carboxylic acids is 1. The van der Waals surface area contributed by atoms with E-state index in [0.29, 0.717) is 6.42 Å². The number of nitrogens with zero attached hydrogens (tertiary/aromatic N) is 1. The first kappa shape index (κ1) is 16.3. The van der Waals surface area contributed by atoms with Crippen molar-refractivity contribution in [2.24, 2.45) is 0 Å². The Morgan fingerprint density at radius 1 is 1.36 bits per heavy atom. The van der Waals surface area contributed by atoms with Crippen LogP contribution in [0, 0.1) is 0 Å². The van der Waals surface area contributed by atoms with Crippen molar-refractivity contribution in [2.45, 2.75) is 51.1 Å². The summed E-state index contributed by atoms with van der Waals surface area (Å²) < 4.78 is 5.20. The summed E-state index contributed by atoms with van der Waals surface area (Å²) in [6.45, 7) is 3.55. The lowest BCUT2D eigenvalue weighted by Gasteiger charge is -2.27. The molecule has 2 unspecified atom stereocenters. The molecule has 1 fully saturated rings. The van der Waals surface area contributed by atoms with Crippen LogP contribution in [0.3, 0.4) is 0 Å². The number of benzene rings is 1. The largest absolute Gasteiger partial charge is 0.497 e. The van der Waals surface area contributed by atoms with E-state index in [1.54, 1.807) is 18.9 Å². The lowest BCUT2D eigenvalue weighted by Crippen LogP contribution is -2.45. The van der Waals surface area contributed by atoms with Crippen molar-refractivity contribution in [1.29, 1.82) is 0 Å². The number of carboxylic acid groups (broad SMARTS) is 1. The van der Waals surface area contributed by atoms with Crippen LogP contribution in [0.5, 0.6) is 5.75 Å². The lowest BCUT2D eigenvalue weighted by molar-refractivity contribution is -0.150. The molecule has 0 aliphatic heterocycles. The molecule has 1 aromatic rings. The third-order valence-corrected chi connectivity index (χ3v) is 4.15. The minimum atomic E-state index is -0.950. The van der Waals surface area contributed by atoms with E-state index in [-0.39, 0.29) is 17.9 Å². The molecule has 0 aromatic heterocycles. The second-order valence-corrected chi connectivity index (χ2v) is 5.93. The smallest absolute Gasteiger partial charge is 0.326 e. The molecule has 1 saturated carbocycles. The monoisotopic (exact) mass is 305 g/mol. The van der Waals surface area contributed by atoms with E-state index in [9.17, 15) is 14.7 Å². The van der Waals surface area contributed by atoms with Gasteiger partial charge in [0, 0.05) is 12.5 Å². The maximum atomic E-state index is 12.5. The molecule has 1 aliphatic rings. The lowest BCUT2D eigenvalue weighted by atomic mass is 9.96. The van der Waals surface area contributed by atoms with Crippen molar-refractivity contribution in [3.8, 4) is 5.75 Å². The van der Waals surface area contributed by atoms with Crippen LogP contribution in [0.2, 0.25) is 0 Å². The summed E-state index contributed by atoms with van der Waals surface area (Å²) in [5, 5.41) is 9.19. The van der Waals surface area contributed by atoms with Crippen LogP contribution in [0.25, 0.3) is 0 Å². The molecule has 5 nitrogen and oxygen atoms in total. The zero-order chi connectivity index (χ0) is 16.3. The Balaban J connectivity index is 2.07. The van der Waals surface area contributed by atoms with Crippen LogP contribution in [-0.4, -0.2) is 41.1 Å². The van der Waals surface area contributed by atoms with Crippen LogP contribution in [0.4, 0.5) is 0 Å². The fraction of sp³-hybridized carbons (Fsp3) is 0.529. The molecular formula is C17H23NO4. The number of hydrogen-bond acceptors (Lipinski definition) is 3. The van der Waals surface area contributed by atoms with E-state index in [0.717, 1.165) is 24.2 Å². The zero-order valence-corrected chi connectivity index (χ0v) is 13.3. The van der Waals surface area contributed by atoms with Gasteiger partial charge in [-0.05, 0) is 43.4 Å². The van der Waals surface area contributed by atoms with Gasteiger partial charge >= 0.3 is 5.97 Å². The minimum absolute atomic E-state index is 0.0184. The molecule has 0 radical (unpaired) electrons. The summed E-state index contributed by atoms with van der Waals surface area (Å²) in [5.74, 6) is -0.262. The Labute approximate surface area is 130 Å². The van der Waals surface area contributed by atoms with Gasteiger partial charge in [0.2, 0.25) is 5.91 Å². The summed E-state index contributed by atoms with van der Waals surface area (Å²) >= 11 is 0. The molecule has 0 spiro atoms. The van der Waals surface area contributed by atoms with E-state index < -0.39 is 12.0 Å². The van der Waals surface area contributed by atoms with Crippen LogP contribution < -0.4 is 4.74 Å². The molecule has 0 bridgehead atoms. The van der Waals surface area contributed by atoms with Crippen molar-refractivity contribution in [3.05, 3.63) is 29.8 Å². The Morgan fingerprint density at radius 2 is 2.05 bits per heavy atom. The maximum Gasteiger partial charge on any atom is 0.326 e. The quantitative estimate of drug-likeness (QED) is 0.841. The first-order valence-electron chi connectivity index (χ1n) is 7.62. The number of rotatable bonds is 7. The van der Waals surface area contributed by atoms with Crippen molar-refractivity contribution < 1.29 is 19.4 Å². The predicted octanol–water partition coefficient (Wildman–Crippen LogP) is 2.65. The number of methoxy groups -OCH3 is 1. The minimum Gasteiger partial charge on any atom is -0.497 e. The van der Waals surface area contributed by atoms with E-state index in [4.69, 9.17) is 4.74 Å². The molecule has 2 atom stereocenters. The summed E-state index contributed by atoms with van der Waals surface area (Å²) in [6, 6.07) is 6.96. The molecule has 1 aliphatic carbocycles. The van der Waals surface area contributed by atoms with Crippen LogP contribution >= 0.6 is 0 Å². The van der Waals surface area contributed by atoms with Gasteiger partial charge in [-0.3, -0.25) is 4.79 Å². The third kappa shape index (κ3) is 3.78. The number of hydrogen-bond donors (Lipinski definition) is 1. The fourth-order valence-corrected chi connectivity index (χ4v) is 2.64. The highest BCUT2D eigenvalue weighted by atomic mass is 16.5. The van der Waals surface area contributed by atoms with Crippen LogP contribution in [0.15, 0.2) is 24.3 Å². The zero-order valence-electron chi connectivity index (χ0n) is 13.3. The number of carbonyl (C=O) groups excluding carboxylic acids is 1. The van der Waals surface area contributed by atoms with Gasteiger partial charge in [0.05, 0.1) is 7.11 Å². The number of carbonyl (C=O) groups is 2. The molecule has 2 rings (SSSR count). The van der Waals surface area contributed by atoms with Gasteiger partial charge < -0.3 is 14.7 Å². The van der Waals surface area contributed by atoms with Crippen molar-refractivity contribution in [2.75, 3.05) is 7.11 Å². The van der Waals surface area contributed by atoms with Crippen molar-refractivity contribution in [1.82, 2.24) is 4.90 Å². The predicted molar refractivity (Wildman–Crippen MR) is 83.0 cm³/mol. The number of amides is 1. The van der Waals surface area contributed by atoms with Crippen LogP contribution in [-0.2, 0) is 9.59 Å². The molecule has 0 heterocycles. The Morgan fingerprint density at radius 3 is 2.59 bits per heavy atom. The molecule has 5 heteroatoms. The molecule has 1 aromatic carbocycles. The summed E-state index contributed by atoms with van der Waals surface area (Å²) in [7, 11) is 1.61. The first-order chi connectivity index (χ1) is 10.4. The third-order valence-electron chi connectivity index (χ3n) is 4.15. The summed E-state index contributed by atoms with van der Waals surface area (Å²) in [6.07, 6.45) is 2.11. The van der Waals surface area contributed by atoms with Gasteiger partial charge in [0.25, 0.3) is 0 Å². The van der Waals surface area contributed by atoms with E-state index >= 15 is 0 Å². The van der Waals surface area contributed by atoms with Gasteiger partial charge in [-0.25, -0.2) is 4.79 Å². The summed E-state index contributed by atoms with van der Waals surface area (Å²) in [4.78, 5) is 25.3. The number of aliphatic carboxylic acids is 1. The summed E-state index contributed by atoms with van der Waals surface area (Å²) in [5.41, 5.74) is 1.02. The standard InChI is InChI=1S/C17H23NO4/c1-11(13-5-4-6-15(10-13)22-3)9-16(19)18(14-7-8-14)12(2)17(20)21/h4-6,10-12,14H,7-9H2,1-3H3,(H,20,21). The normalized spacial score (nSPS) is 16.7. The van der Waals surface area contributed by atoms with Gasteiger partial charge in [-0.1, -0.05) is 19.1 Å². The highest BCUT2D eigenvalue weighted by molar-refractivity contribution is 5.84.